The molecule has 2 nitrogen and oxygen atoms in total. The van der Waals surface area contributed by atoms with Crippen molar-refractivity contribution in [2.24, 2.45) is 0 Å². The van der Waals surface area contributed by atoms with Crippen LogP contribution in [0.25, 0.3) is 0 Å². The van der Waals surface area contributed by atoms with Crippen molar-refractivity contribution in [3.8, 4) is 0 Å². The van der Waals surface area contributed by atoms with E-state index in [2.05, 4.69) is 20.8 Å². The molecule has 0 atom stereocenters. The van der Waals surface area contributed by atoms with Crippen LogP contribution in [0.1, 0.15) is 41.5 Å². The molecule has 0 saturated heterocycles. The molecule has 0 saturated carbocycles. The molecule has 114 valence electrons. The van der Waals surface area contributed by atoms with Crippen LogP contribution in [0.4, 0.5) is 0 Å². The lowest BCUT2D eigenvalue weighted by atomic mass is 10.3. The van der Waals surface area contributed by atoms with Crippen LogP contribution in [-0.4, -0.2) is 17.9 Å². The molecule has 0 unspecified atom stereocenters. The van der Waals surface area contributed by atoms with Crippen LogP contribution in [0.2, 0.25) is 0 Å². The number of thioether (sulfide) groups is 2. The minimum Gasteiger partial charge on any atom is -0.207 e. The number of hydrogen-bond acceptors (Lipinski definition) is 4. The highest BCUT2D eigenvalue weighted by atomic mass is 35.7. The largest absolute Gasteiger partial charge is 0.262 e. The Kier molecular flexibility index (Phi) is 5.56. The Bertz CT molecular complexity index is 581. The quantitative estimate of drug-likeness (QED) is 0.539. The van der Waals surface area contributed by atoms with Crippen molar-refractivity contribution < 1.29 is 8.42 Å². The summed E-state index contributed by atoms with van der Waals surface area (Å²) in [4.78, 5) is 1.95. The lowest BCUT2D eigenvalue weighted by Gasteiger charge is -2.21. The van der Waals surface area contributed by atoms with Crippen molar-refractivity contribution in [2.75, 3.05) is 0 Å². The average molecular weight is 353 g/mol. The van der Waals surface area contributed by atoms with Crippen molar-refractivity contribution >= 4 is 43.3 Å². The van der Waals surface area contributed by atoms with E-state index in [4.69, 9.17) is 10.7 Å². The van der Waals surface area contributed by atoms with Crippen LogP contribution in [0, 0.1) is 0 Å². The summed E-state index contributed by atoms with van der Waals surface area (Å²) in [6.07, 6.45) is 0. The SMILES string of the molecule is CC(C)(C)Sc1ccc(S(=O)(=O)Cl)c(SC(C)(C)C)c1. The Morgan fingerprint density at radius 3 is 1.85 bits per heavy atom. The van der Waals surface area contributed by atoms with Crippen molar-refractivity contribution in [1.29, 1.82) is 0 Å². The summed E-state index contributed by atoms with van der Waals surface area (Å²) in [7, 11) is 1.81. The Hall–Kier alpha value is 0.160. The predicted octanol–water partition coefficient (Wildman–Crippen LogP) is 5.40. The van der Waals surface area contributed by atoms with E-state index >= 15 is 0 Å². The lowest BCUT2D eigenvalue weighted by molar-refractivity contribution is 0.607. The molecule has 0 spiro atoms. The third-order valence-electron chi connectivity index (χ3n) is 2.02. The van der Waals surface area contributed by atoms with Gasteiger partial charge in [-0.25, -0.2) is 8.42 Å². The highest BCUT2D eigenvalue weighted by Crippen LogP contribution is 2.41. The Morgan fingerprint density at radius 2 is 1.45 bits per heavy atom. The van der Waals surface area contributed by atoms with Gasteiger partial charge in [0.05, 0.1) is 4.90 Å². The van der Waals surface area contributed by atoms with Crippen LogP contribution >= 0.6 is 34.2 Å². The fraction of sp³-hybridized carbons (Fsp3) is 0.571. The van der Waals surface area contributed by atoms with Crippen LogP contribution in [-0.2, 0) is 9.05 Å². The van der Waals surface area contributed by atoms with Crippen molar-refractivity contribution in [3.63, 3.8) is 0 Å². The van der Waals surface area contributed by atoms with Gasteiger partial charge in [-0.15, -0.1) is 23.5 Å². The summed E-state index contributed by atoms with van der Waals surface area (Å²) in [6, 6.07) is 5.34. The summed E-state index contributed by atoms with van der Waals surface area (Å²) in [5.74, 6) is 0. The molecule has 0 aliphatic carbocycles. The van der Waals surface area contributed by atoms with Crippen LogP contribution in [0.3, 0.4) is 0 Å². The van der Waals surface area contributed by atoms with Gasteiger partial charge in [-0.2, -0.15) is 0 Å². The summed E-state index contributed by atoms with van der Waals surface area (Å²) >= 11 is 3.23. The molecule has 0 aliphatic rings. The van der Waals surface area contributed by atoms with E-state index in [0.29, 0.717) is 4.90 Å². The lowest BCUT2D eigenvalue weighted by Crippen LogP contribution is -2.09. The fourth-order valence-corrected chi connectivity index (χ4v) is 5.15. The summed E-state index contributed by atoms with van der Waals surface area (Å²) < 4.78 is 23.4. The second-order valence-corrected chi connectivity index (χ2v) is 12.8. The molecule has 0 bridgehead atoms. The molecule has 0 amide bonds. The van der Waals surface area contributed by atoms with Gasteiger partial charge in [0.1, 0.15) is 0 Å². The van der Waals surface area contributed by atoms with Crippen LogP contribution < -0.4 is 0 Å². The van der Waals surface area contributed by atoms with E-state index in [-0.39, 0.29) is 14.4 Å². The Balaban J connectivity index is 3.29. The molecule has 1 rings (SSSR count). The van der Waals surface area contributed by atoms with Gasteiger partial charge >= 0.3 is 0 Å². The predicted molar refractivity (Wildman–Crippen MR) is 90.7 cm³/mol. The first kappa shape index (κ1) is 18.2. The molecule has 6 heteroatoms. The van der Waals surface area contributed by atoms with Gasteiger partial charge < -0.3 is 0 Å². The zero-order chi connectivity index (χ0) is 15.8. The van der Waals surface area contributed by atoms with Crippen molar-refractivity contribution in [3.05, 3.63) is 18.2 Å². The normalized spacial score (nSPS) is 13.6. The zero-order valence-corrected chi connectivity index (χ0v) is 15.9. The van der Waals surface area contributed by atoms with Crippen LogP contribution in [0.5, 0.6) is 0 Å². The maximum absolute atomic E-state index is 11.7. The zero-order valence-electron chi connectivity index (χ0n) is 12.7. The third kappa shape index (κ3) is 6.29. The topological polar surface area (TPSA) is 34.1 Å². The van der Waals surface area contributed by atoms with Gasteiger partial charge in [0.15, 0.2) is 0 Å². The average Bonchev–Trinajstić information content (AvgIpc) is 2.09. The van der Waals surface area contributed by atoms with Crippen LogP contribution in [0.15, 0.2) is 32.9 Å². The number of halogens is 1. The number of rotatable bonds is 3. The van der Waals surface area contributed by atoms with E-state index in [0.717, 1.165) is 4.90 Å². The smallest absolute Gasteiger partial charge is 0.207 e. The van der Waals surface area contributed by atoms with Gasteiger partial charge in [0.25, 0.3) is 9.05 Å². The van der Waals surface area contributed by atoms with Crippen molar-refractivity contribution in [2.45, 2.75) is 65.7 Å². The van der Waals surface area contributed by atoms with Gasteiger partial charge in [-0.05, 0) is 18.2 Å². The Morgan fingerprint density at radius 1 is 0.950 bits per heavy atom. The molecule has 0 aromatic heterocycles. The Labute approximate surface area is 135 Å². The van der Waals surface area contributed by atoms with E-state index in [1.165, 1.54) is 11.8 Å². The summed E-state index contributed by atoms with van der Waals surface area (Å²) in [5.41, 5.74) is 0. The van der Waals surface area contributed by atoms with Gasteiger partial charge in [0, 0.05) is 30.0 Å². The first-order valence-corrected chi connectivity index (χ1v) is 10.2. The molecule has 1 aromatic rings. The number of benzene rings is 1. The number of hydrogen-bond donors (Lipinski definition) is 0. The molecule has 0 heterocycles. The van der Waals surface area contributed by atoms with Crippen molar-refractivity contribution in [1.82, 2.24) is 0 Å². The summed E-state index contributed by atoms with van der Waals surface area (Å²) in [5, 5.41) is 0. The third-order valence-corrected chi connectivity index (χ3v) is 5.80. The van der Waals surface area contributed by atoms with Gasteiger partial charge in [0.2, 0.25) is 0 Å². The van der Waals surface area contributed by atoms with Gasteiger partial charge in [-0.1, -0.05) is 41.5 Å². The molecular formula is C14H21ClO2S3. The van der Waals surface area contributed by atoms with E-state index in [9.17, 15) is 8.42 Å². The first-order valence-electron chi connectivity index (χ1n) is 6.25. The minimum absolute atomic E-state index is 0.0744. The standard InChI is InChI=1S/C14H21ClO2S3/c1-13(2,3)18-10-7-8-12(20(15,16)17)11(9-10)19-14(4,5)6/h7-9H,1-6H3. The molecule has 0 aliphatic heterocycles. The summed E-state index contributed by atoms with van der Waals surface area (Å²) in [6.45, 7) is 12.5. The van der Waals surface area contributed by atoms with E-state index in [1.807, 2.05) is 32.9 Å². The monoisotopic (exact) mass is 352 g/mol. The second kappa shape index (κ2) is 6.11. The van der Waals surface area contributed by atoms with Gasteiger partial charge in [-0.3, -0.25) is 0 Å². The molecule has 20 heavy (non-hydrogen) atoms. The maximum atomic E-state index is 11.7. The first-order chi connectivity index (χ1) is 8.78. The van der Waals surface area contributed by atoms with E-state index in [1.54, 1.807) is 17.8 Å². The molecule has 1 aromatic carbocycles. The highest BCUT2D eigenvalue weighted by molar-refractivity contribution is 8.14. The molecule has 0 fully saturated rings. The second-order valence-electron chi connectivity index (χ2n) is 6.48. The highest BCUT2D eigenvalue weighted by Gasteiger charge is 2.22. The molecule has 0 N–H and O–H groups in total. The van der Waals surface area contributed by atoms with E-state index < -0.39 is 9.05 Å². The maximum Gasteiger partial charge on any atom is 0.262 e. The molecule has 0 radical (unpaired) electrons. The fourth-order valence-electron chi connectivity index (χ4n) is 1.52. The minimum atomic E-state index is -3.72. The molecular weight excluding hydrogens is 332 g/mol.